The second-order valence-electron chi connectivity index (χ2n) is 5.25. The van der Waals surface area contributed by atoms with Crippen LogP contribution in [0.1, 0.15) is 25.3 Å². The number of benzene rings is 1. The van der Waals surface area contributed by atoms with Crippen molar-refractivity contribution in [2.45, 2.75) is 26.3 Å². The molecule has 21 heavy (non-hydrogen) atoms. The second-order valence-corrected chi connectivity index (χ2v) is 5.25. The first kappa shape index (κ1) is 15.4. The lowest BCUT2D eigenvalue weighted by Gasteiger charge is -2.31. The number of carbonyl (C=O) groups is 1. The minimum Gasteiger partial charge on any atom is -0.466 e. The number of esters is 1. The molecule has 1 atom stereocenters. The molecule has 0 aliphatic carbocycles. The van der Waals surface area contributed by atoms with Gasteiger partial charge in [0.2, 0.25) is 0 Å². The van der Waals surface area contributed by atoms with Gasteiger partial charge in [0.05, 0.1) is 17.4 Å². The monoisotopic (exact) mass is 292 g/mol. The fraction of sp³-hybridized carbons (Fsp3) is 0.533. The number of likely N-dealkylation sites (tertiary alicyclic amines) is 1. The average molecular weight is 292 g/mol. The van der Waals surface area contributed by atoms with Crippen LogP contribution < -0.4 is 0 Å². The molecule has 0 saturated carbocycles. The number of hydrogen-bond donors (Lipinski definition) is 0. The van der Waals surface area contributed by atoms with Crippen LogP contribution in [-0.2, 0) is 16.1 Å². The summed E-state index contributed by atoms with van der Waals surface area (Å²) in [6, 6.07) is 6.57. The molecule has 1 aliphatic rings. The molecule has 0 bridgehead atoms. The summed E-state index contributed by atoms with van der Waals surface area (Å²) in [5, 5.41) is 10.6. The van der Waals surface area contributed by atoms with Gasteiger partial charge in [-0.3, -0.25) is 19.8 Å². The third kappa shape index (κ3) is 4.26. The zero-order chi connectivity index (χ0) is 15.2. The maximum Gasteiger partial charge on any atom is 0.310 e. The second kappa shape index (κ2) is 7.17. The molecular formula is C15H20N2O4. The van der Waals surface area contributed by atoms with Crippen LogP contribution in [0.15, 0.2) is 24.3 Å². The molecule has 6 nitrogen and oxygen atoms in total. The van der Waals surface area contributed by atoms with E-state index >= 15 is 0 Å². The van der Waals surface area contributed by atoms with Gasteiger partial charge >= 0.3 is 5.97 Å². The number of hydrogen-bond acceptors (Lipinski definition) is 5. The Kier molecular flexibility index (Phi) is 5.27. The normalized spacial score (nSPS) is 19.2. The van der Waals surface area contributed by atoms with E-state index in [9.17, 15) is 14.9 Å². The molecule has 1 heterocycles. The van der Waals surface area contributed by atoms with Crippen molar-refractivity contribution in [2.75, 3.05) is 19.7 Å². The Hall–Kier alpha value is -1.95. The minimum absolute atomic E-state index is 0.0586. The van der Waals surface area contributed by atoms with E-state index in [4.69, 9.17) is 4.74 Å². The Morgan fingerprint density at radius 2 is 2.14 bits per heavy atom. The number of carbonyl (C=O) groups excluding carboxylic acids is 1. The number of ether oxygens (including phenoxy) is 1. The molecule has 0 N–H and O–H groups in total. The SMILES string of the molecule is CCOC(=O)[C@@H]1CCCN(Cc2ccc([N+](=O)[O-])cc2)C1. The zero-order valence-corrected chi connectivity index (χ0v) is 12.2. The molecule has 1 saturated heterocycles. The molecule has 0 amide bonds. The van der Waals surface area contributed by atoms with Crippen LogP contribution >= 0.6 is 0 Å². The van der Waals surface area contributed by atoms with Crippen molar-refractivity contribution in [1.82, 2.24) is 4.90 Å². The summed E-state index contributed by atoms with van der Waals surface area (Å²) in [7, 11) is 0. The van der Waals surface area contributed by atoms with Gasteiger partial charge in [-0.05, 0) is 31.9 Å². The highest BCUT2D eigenvalue weighted by Crippen LogP contribution is 2.20. The van der Waals surface area contributed by atoms with E-state index in [0.717, 1.165) is 24.9 Å². The smallest absolute Gasteiger partial charge is 0.310 e. The van der Waals surface area contributed by atoms with Crippen molar-refractivity contribution < 1.29 is 14.5 Å². The lowest BCUT2D eigenvalue weighted by atomic mass is 9.97. The summed E-state index contributed by atoms with van der Waals surface area (Å²) in [6.07, 6.45) is 1.84. The van der Waals surface area contributed by atoms with E-state index in [1.54, 1.807) is 12.1 Å². The Morgan fingerprint density at radius 3 is 2.76 bits per heavy atom. The highest BCUT2D eigenvalue weighted by molar-refractivity contribution is 5.72. The van der Waals surface area contributed by atoms with Crippen molar-refractivity contribution in [3.8, 4) is 0 Å². The first-order valence-electron chi connectivity index (χ1n) is 7.22. The molecule has 1 fully saturated rings. The fourth-order valence-electron chi connectivity index (χ4n) is 2.63. The first-order chi connectivity index (χ1) is 10.1. The molecule has 114 valence electrons. The summed E-state index contributed by atoms with van der Waals surface area (Å²) in [6.45, 7) is 4.56. The van der Waals surface area contributed by atoms with Gasteiger partial charge in [-0.15, -0.1) is 0 Å². The van der Waals surface area contributed by atoms with Crippen LogP contribution in [0.5, 0.6) is 0 Å². The van der Waals surface area contributed by atoms with Crippen LogP contribution in [0, 0.1) is 16.0 Å². The summed E-state index contributed by atoms with van der Waals surface area (Å²) in [5.41, 5.74) is 1.12. The Bertz CT molecular complexity index is 501. The topological polar surface area (TPSA) is 72.7 Å². The maximum absolute atomic E-state index is 11.8. The Balaban J connectivity index is 1.93. The van der Waals surface area contributed by atoms with Crippen molar-refractivity contribution in [3.63, 3.8) is 0 Å². The predicted molar refractivity (Wildman–Crippen MR) is 77.7 cm³/mol. The molecule has 0 unspecified atom stereocenters. The van der Waals surface area contributed by atoms with Crippen LogP contribution in [0.2, 0.25) is 0 Å². The Labute approximate surface area is 123 Å². The molecule has 0 aromatic heterocycles. The number of nitro groups is 1. The van der Waals surface area contributed by atoms with Gasteiger partial charge in [-0.2, -0.15) is 0 Å². The molecule has 0 spiro atoms. The average Bonchev–Trinajstić information content (AvgIpc) is 2.48. The van der Waals surface area contributed by atoms with Crippen molar-refractivity contribution in [3.05, 3.63) is 39.9 Å². The van der Waals surface area contributed by atoms with Crippen LogP contribution in [-0.4, -0.2) is 35.5 Å². The van der Waals surface area contributed by atoms with E-state index < -0.39 is 4.92 Å². The Morgan fingerprint density at radius 1 is 1.43 bits per heavy atom. The van der Waals surface area contributed by atoms with Gasteiger partial charge in [-0.25, -0.2) is 0 Å². The third-order valence-electron chi connectivity index (χ3n) is 3.68. The van der Waals surface area contributed by atoms with E-state index in [1.165, 1.54) is 12.1 Å². The first-order valence-corrected chi connectivity index (χ1v) is 7.22. The summed E-state index contributed by atoms with van der Waals surface area (Å²) >= 11 is 0. The van der Waals surface area contributed by atoms with Crippen LogP contribution in [0.3, 0.4) is 0 Å². The standard InChI is InChI=1S/C15H20N2O4/c1-2-21-15(18)13-4-3-9-16(11-13)10-12-5-7-14(8-6-12)17(19)20/h5-8,13H,2-4,9-11H2,1H3/t13-/m1/s1. The predicted octanol–water partition coefficient (Wildman–Crippen LogP) is 2.37. The molecule has 1 aromatic rings. The molecule has 6 heteroatoms. The minimum atomic E-state index is -0.401. The zero-order valence-electron chi connectivity index (χ0n) is 12.2. The van der Waals surface area contributed by atoms with E-state index in [0.29, 0.717) is 19.7 Å². The summed E-state index contributed by atoms with van der Waals surface area (Å²) in [4.78, 5) is 24.2. The number of nitrogens with zero attached hydrogens (tertiary/aromatic N) is 2. The largest absolute Gasteiger partial charge is 0.466 e. The van der Waals surface area contributed by atoms with E-state index in [1.807, 2.05) is 6.92 Å². The van der Waals surface area contributed by atoms with E-state index in [-0.39, 0.29) is 17.6 Å². The number of non-ortho nitro benzene ring substituents is 1. The molecule has 0 radical (unpaired) electrons. The maximum atomic E-state index is 11.8. The van der Waals surface area contributed by atoms with Gasteiger partial charge < -0.3 is 4.74 Å². The highest BCUT2D eigenvalue weighted by atomic mass is 16.6. The lowest BCUT2D eigenvalue weighted by molar-refractivity contribution is -0.384. The highest BCUT2D eigenvalue weighted by Gasteiger charge is 2.26. The quantitative estimate of drug-likeness (QED) is 0.473. The van der Waals surface area contributed by atoms with Crippen molar-refractivity contribution in [1.29, 1.82) is 0 Å². The van der Waals surface area contributed by atoms with Gasteiger partial charge in [0, 0.05) is 25.2 Å². The van der Waals surface area contributed by atoms with Crippen molar-refractivity contribution in [2.24, 2.45) is 5.92 Å². The van der Waals surface area contributed by atoms with Gasteiger partial charge in [0.1, 0.15) is 0 Å². The fourth-order valence-corrected chi connectivity index (χ4v) is 2.63. The third-order valence-corrected chi connectivity index (χ3v) is 3.68. The van der Waals surface area contributed by atoms with Gasteiger partial charge in [0.15, 0.2) is 0 Å². The summed E-state index contributed by atoms with van der Waals surface area (Å²) < 4.78 is 5.08. The molecule has 1 aliphatic heterocycles. The van der Waals surface area contributed by atoms with Gasteiger partial charge in [-0.1, -0.05) is 12.1 Å². The molecule has 2 rings (SSSR count). The van der Waals surface area contributed by atoms with Crippen LogP contribution in [0.4, 0.5) is 5.69 Å². The van der Waals surface area contributed by atoms with Crippen LogP contribution in [0.25, 0.3) is 0 Å². The molecule has 1 aromatic carbocycles. The van der Waals surface area contributed by atoms with Gasteiger partial charge in [0.25, 0.3) is 5.69 Å². The number of rotatable bonds is 5. The summed E-state index contributed by atoms with van der Waals surface area (Å²) in [5.74, 6) is -0.178. The van der Waals surface area contributed by atoms with Crippen molar-refractivity contribution >= 4 is 11.7 Å². The molecular weight excluding hydrogens is 272 g/mol. The number of piperidine rings is 1. The lowest BCUT2D eigenvalue weighted by Crippen LogP contribution is -2.38. The number of nitro benzene ring substituents is 1. The van der Waals surface area contributed by atoms with E-state index in [2.05, 4.69) is 4.90 Å².